The normalized spacial score (nSPS) is 20.6. The molecule has 0 radical (unpaired) electrons. The molecule has 1 aliphatic rings. The van der Waals surface area contributed by atoms with Crippen molar-refractivity contribution < 1.29 is 18.7 Å². The summed E-state index contributed by atoms with van der Waals surface area (Å²) in [5.74, 6) is -0.593. The highest BCUT2D eigenvalue weighted by Crippen LogP contribution is 2.20. The lowest BCUT2D eigenvalue weighted by Gasteiger charge is -2.34. The summed E-state index contributed by atoms with van der Waals surface area (Å²) in [6.45, 7) is 3.24. The lowest BCUT2D eigenvalue weighted by molar-refractivity contribution is -0.0300. The number of amides is 1. The second kappa shape index (κ2) is 6.19. The molecule has 1 saturated heterocycles. The smallest absolute Gasteiger partial charge is 0.254 e. The van der Waals surface area contributed by atoms with Crippen molar-refractivity contribution in [1.82, 2.24) is 4.90 Å². The maximum Gasteiger partial charge on any atom is 0.254 e. The minimum absolute atomic E-state index is 0.0628. The summed E-state index contributed by atoms with van der Waals surface area (Å²) in [4.78, 5) is 14.1. The van der Waals surface area contributed by atoms with Crippen molar-refractivity contribution >= 4 is 5.91 Å². The number of benzene rings is 1. The molecule has 0 aliphatic carbocycles. The number of methoxy groups -OCH3 is 1. The fourth-order valence-corrected chi connectivity index (χ4v) is 2.15. The van der Waals surface area contributed by atoms with Crippen LogP contribution in [-0.4, -0.2) is 49.8 Å². The Balaban J connectivity index is 2.14. The molecular formula is C14H19FN2O3. The van der Waals surface area contributed by atoms with Gasteiger partial charge in [-0.15, -0.1) is 0 Å². The highest BCUT2D eigenvalue weighted by atomic mass is 19.1. The van der Waals surface area contributed by atoms with Crippen molar-refractivity contribution in [2.45, 2.75) is 19.1 Å². The van der Waals surface area contributed by atoms with Crippen LogP contribution in [0.1, 0.15) is 17.3 Å². The molecule has 0 bridgehead atoms. The van der Waals surface area contributed by atoms with Gasteiger partial charge in [0.1, 0.15) is 0 Å². The molecule has 1 aromatic carbocycles. The largest absolute Gasteiger partial charge is 0.494 e. The summed E-state index contributed by atoms with van der Waals surface area (Å²) in [5, 5.41) is 0. The number of nitrogens with zero attached hydrogens (tertiary/aromatic N) is 1. The van der Waals surface area contributed by atoms with Gasteiger partial charge in [0.2, 0.25) is 0 Å². The van der Waals surface area contributed by atoms with Gasteiger partial charge in [-0.25, -0.2) is 4.39 Å². The SMILES string of the molecule is COc1cc(C(=O)N2CCOC(C(C)N)C2)ccc1F. The van der Waals surface area contributed by atoms with Crippen molar-refractivity contribution in [3.05, 3.63) is 29.6 Å². The average molecular weight is 282 g/mol. The van der Waals surface area contributed by atoms with Crippen LogP contribution in [0.3, 0.4) is 0 Å². The molecule has 1 aromatic rings. The zero-order chi connectivity index (χ0) is 14.7. The van der Waals surface area contributed by atoms with Crippen molar-refractivity contribution in [2.24, 2.45) is 5.73 Å². The number of halogens is 1. The Morgan fingerprint density at radius 3 is 3.00 bits per heavy atom. The summed E-state index contributed by atoms with van der Waals surface area (Å²) in [6.07, 6.45) is -0.171. The highest BCUT2D eigenvalue weighted by molar-refractivity contribution is 5.94. The van der Waals surface area contributed by atoms with Gasteiger partial charge in [0.05, 0.1) is 19.8 Å². The molecule has 2 N–H and O–H groups in total. The van der Waals surface area contributed by atoms with Gasteiger partial charge in [-0.2, -0.15) is 0 Å². The molecule has 2 unspecified atom stereocenters. The minimum atomic E-state index is -0.487. The Morgan fingerprint density at radius 2 is 2.35 bits per heavy atom. The molecule has 6 heteroatoms. The van der Waals surface area contributed by atoms with E-state index in [1.54, 1.807) is 4.90 Å². The molecule has 0 spiro atoms. The van der Waals surface area contributed by atoms with Gasteiger partial charge in [-0.1, -0.05) is 0 Å². The molecule has 20 heavy (non-hydrogen) atoms. The van der Waals surface area contributed by atoms with Crippen LogP contribution < -0.4 is 10.5 Å². The molecule has 0 aromatic heterocycles. The third-order valence-corrected chi connectivity index (χ3v) is 3.37. The van der Waals surface area contributed by atoms with Crippen molar-refractivity contribution in [1.29, 1.82) is 0 Å². The second-order valence-electron chi connectivity index (χ2n) is 4.87. The molecule has 1 amide bonds. The number of morpholine rings is 1. The van der Waals surface area contributed by atoms with Crippen LogP contribution in [0.5, 0.6) is 5.75 Å². The van der Waals surface area contributed by atoms with E-state index in [1.165, 1.54) is 25.3 Å². The number of nitrogens with two attached hydrogens (primary N) is 1. The van der Waals surface area contributed by atoms with E-state index in [0.29, 0.717) is 25.3 Å². The lowest BCUT2D eigenvalue weighted by Crippen LogP contribution is -2.51. The van der Waals surface area contributed by atoms with Crippen LogP contribution in [0.2, 0.25) is 0 Å². The van der Waals surface area contributed by atoms with Gasteiger partial charge in [-0.05, 0) is 25.1 Å². The Labute approximate surface area is 117 Å². The molecule has 1 heterocycles. The molecule has 5 nitrogen and oxygen atoms in total. The first kappa shape index (κ1) is 14.7. The first-order valence-corrected chi connectivity index (χ1v) is 6.53. The topological polar surface area (TPSA) is 64.8 Å². The van der Waals surface area contributed by atoms with Gasteiger partial charge < -0.3 is 20.1 Å². The number of carbonyl (C=O) groups is 1. The Bertz CT molecular complexity index is 493. The van der Waals surface area contributed by atoms with Gasteiger partial charge >= 0.3 is 0 Å². The summed E-state index contributed by atoms with van der Waals surface area (Å²) >= 11 is 0. The molecule has 2 atom stereocenters. The van der Waals surface area contributed by atoms with E-state index in [1.807, 2.05) is 6.92 Å². The zero-order valence-corrected chi connectivity index (χ0v) is 11.6. The zero-order valence-electron chi connectivity index (χ0n) is 11.6. The number of rotatable bonds is 3. The van der Waals surface area contributed by atoms with Crippen LogP contribution in [-0.2, 0) is 4.74 Å². The van der Waals surface area contributed by atoms with Crippen molar-refractivity contribution in [3.8, 4) is 5.75 Å². The van der Waals surface area contributed by atoms with Gasteiger partial charge in [0.15, 0.2) is 11.6 Å². The number of ether oxygens (including phenoxy) is 2. The predicted octanol–water partition coefficient (Wildman–Crippen LogP) is 1.02. The molecule has 1 fully saturated rings. The van der Waals surface area contributed by atoms with Crippen LogP contribution in [0.25, 0.3) is 0 Å². The lowest BCUT2D eigenvalue weighted by atomic mass is 10.1. The van der Waals surface area contributed by atoms with E-state index in [-0.39, 0.29) is 23.8 Å². The molecule has 2 rings (SSSR count). The van der Waals surface area contributed by atoms with Gasteiger partial charge in [0.25, 0.3) is 5.91 Å². The number of carbonyl (C=O) groups excluding carboxylic acids is 1. The second-order valence-corrected chi connectivity index (χ2v) is 4.87. The molecule has 1 aliphatic heterocycles. The minimum Gasteiger partial charge on any atom is -0.494 e. The Hall–Kier alpha value is -1.66. The molecule has 110 valence electrons. The monoisotopic (exact) mass is 282 g/mol. The van der Waals surface area contributed by atoms with Crippen LogP contribution in [0.15, 0.2) is 18.2 Å². The quantitative estimate of drug-likeness (QED) is 0.899. The van der Waals surface area contributed by atoms with E-state index < -0.39 is 5.82 Å². The standard InChI is InChI=1S/C14H19FN2O3/c1-9(16)13-8-17(5-6-20-13)14(18)10-3-4-11(15)12(7-10)19-2/h3-4,7,9,13H,5-6,8,16H2,1-2H3. The summed E-state index contributed by atoms with van der Waals surface area (Å²) in [5.41, 5.74) is 6.20. The highest BCUT2D eigenvalue weighted by Gasteiger charge is 2.27. The fourth-order valence-electron chi connectivity index (χ4n) is 2.15. The van der Waals surface area contributed by atoms with Gasteiger partial charge in [0, 0.05) is 24.7 Å². The van der Waals surface area contributed by atoms with Crippen LogP contribution in [0.4, 0.5) is 4.39 Å². The first-order chi connectivity index (χ1) is 9.52. The van der Waals surface area contributed by atoms with E-state index >= 15 is 0 Å². The summed E-state index contributed by atoms with van der Waals surface area (Å²) in [6, 6.07) is 3.95. The van der Waals surface area contributed by atoms with E-state index in [4.69, 9.17) is 15.2 Å². The van der Waals surface area contributed by atoms with E-state index in [9.17, 15) is 9.18 Å². The van der Waals surface area contributed by atoms with E-state index in [0.717, 1.165) is 0 Å². The third-order valence-electron chi connectivity index (χ3n) is 3.37. The average Bonchev–Trinajstić information content (AvgIpc) is 2.47. The van der Waals surface area contributed by atoms with Crippen molar-refractivity contribution in [3.63, 3.8) is 0 Å². The fraction of sp³-hybridized carbons (Fsp3) is 0.500. The molecular weight excluding hydrogens is 263 g/mol. The maximum absolute atomic E-state index is 13.4. The Morgan fingerprint density at radius 1 is 1.60 bits per heavy atom. The van der Waals surface area contributed by atoms with Crippen LogP contribution >= 0.6 is 0 Å². The van der Waals surface area contributed by atoms with Crippen LogP contribution in [0, 0.1) is 5.82 Å². The van der Waals surface area contributed by atoms with Gasteiger partial charge in [-0.3, -0.25) is 4.79 Å². The van der Waals surface area contributed by atoms with E-state index in [2.05, 4.69) is 0 Å². The third kappa shape index (κ3) is 3.08. The number of hydrogen-bond donors (Lipinski definition) is 1. The van der Waals surface area contributed by atoms with Crippen molar-refractivity contribution in [2.75, 3.05) is 26.8 Å². The summed E-state index contributed by atoms with van der Waals surface area (Å²) in [7, 11) is 1.37. The summed E-state index contributed by atoms with van der Waals surface area (Å²) < 4.78 is 23.8. The number of hydrogen-bond acceptors (Lipinski definition) is 4. The Kier molecular flexibility index (Phi) is 4.57. The predicted molar refractivity (Wildman–Crippen MR) is 72.2 cm³/mol. The molecule has 0 saturated carbocycles. The maximum atomic E-state index is 13.4. The first-order valence-electron chi connectivity index (χ1n) is 6.53.